The maximum absolute atomic E-state index is 5.87. The SMILES string of the molecule is C/C=C\C(C)CN(C)CC[C@@H](N)CC. The van der Waals surface area contributed by atoms with Gasteiger partial charge in [0.2, 0.25) is 0 Å². The third-order valence-corrected chi connectivity index (χ3v) is 2.53. The van der Waals surface area contributed by atoms with E-state index in [1.807, 2.05) is 0 Å². The summed E-state index contributed by atoms with van der Waals surface area (Å²) in [6.07, 6.45) is 6.56. The molecule has 0 saturated heterocycles. The van der Waals surface area contributed by atoms with Crippen molar-refractivity contribution < 1.29 is 0 Å². The molecule has 0 rings (SSSR count). The average Bonchev–Trinajstić information content (AvgIpc) is 2.14. The van der Waals surface area contributed by atoms with Crippen molar-refractivity contribution in [3.8, 4) is 0 Å². The molecule has 0 aromatic heterocycles. The molecule has 0 heterocycles. The minimum Gasteiger partial charge on any atom is -0.328 e. The Kier molecular flexibility index (Phi) is 7.81. The fourth-order valence-electron chi connectivity index (χ4n) is 1.56. The molecule has 0 aromatic rings. The van der Waals surface area contributed by atoms with Crippen LogP contribution < -0.4 is 5.73 Å². The number of allylic oxidation sites excluding steroid dienone is 1. The number of nitrogens with zero attached hydrogens (tertiary/aromatic N) is 1. The van der Waals surface area contributed by atoms with Crippen molar-refractivity contribution in [1.82, 2.24) is 4.90 Å². The van der Waals surface area contributed by atoms with Crippen LogP contribution in [-0.4, -0.2) is 31.1 Å². The maximum Gasteiger partial charge on any atom is 0.00483 e. The van der Waals surface area contributed by atoms with Gasteiger partial charge in [-0.25, -0.2) is 0 Å². The first-order valence-electron chi connectivity index (χ1n) is 5.67. The van der Waals surface area contributed by atoms with E-state index in [2.05, 4.69) is 44.9 Å². The van der Waals surface area contributed by atoms with E-state index >= 15 is 0 Å². The van der Waals surface area contributed by atoms with Crippen molar-refractivity contribution in [2.24, 2.45) is 11.7 Å². The van der Waals surface area contributed by atoms with Crippen molar-refractivity contribution in [2.75, 3.05) is 20.1 Å². The summed E-state index contributed by atoms with van der Waals surface area (Å²) in [5, 5.41) is 0. The molecular formula is C12H26N2. The van der Waals surface area contributed by atoms with E-state index in [0.29, 0.717) is 12.0 Å². The van der Waals surface area contributed by atoms with Crippen LogP contribution in [0.1, 0.15) is 33.6 Å². The predicted octanol–water partition coefficient (Wildman–Crippen LogP) is 2.26. The highest BCUT2D eigenvalue weighted by Crippen LogP contribution is 2.02. The molecule has 2 N–H and O–H groups in total. The molecule has 2 heteroatoms. The number of hydrogen-bond acceptors (Lipinski definition) is 2. The monoisotopic (exact) mass is 198 g/mol. The van der Waals surface area contributed by atoms with Gasteiger partial charge in [0.05, 0.1) is 0 Å². The van der Waals surface area contributed by atoms with Crippen molar-refractivity contribution >= 4 is 0 Å². The zero-order valence-corrected chi connectivity index (χ0v) is 10.2. The fourth-order valence-corrected chi connectivity index (χ4v) is 1.56. The van der Waals surface area contributed by atoms with Crippen LogP contribution in [0.4, 0.5) is 0 Å². The van der Waals surface area contributed by atoms with Gasteiger partial charge in [-0.05, 0) is 39.3 Å². The van der Waals surface area contributed by atoms with Gasteiger partial charge in [0.25, 0.3) is 0 Å². The summed E-state index contributed by atoms with van der Waals surface area (Å²) in [6, 6.07) is 0.370. The van der Waals surface area contributed by atoms with Crippen LogP contribution in [0, 0.1) is 5.92 Å². The van der Waals surface area contributed by atoms with Gasteiger partial charge < -0.3 is 10.6 Å². The first-order valence-corrected chi connectivity index (χ1v) is 5.67. The van der Waals surface area contributed by atoms with E-state index in [4.69, 9.17) is 5.73 Å². The molecule has 0 spiro atoms. The second-order valence-electron chi connectivity index (χ2n) is 4.22. The van der Waals surface area contributed by atoms with Gasteiger partial charge in [-0.2, -0.15) is 0 Å². The molecule has 0 aliphatic carbocycles. The molecule has 0 aliphatic rings. The summed E-state index contributed by atoms with van der Waals surface area (Å²) in [6.45, 7) is 8.70. The van der Waals surface area contributed by atoms with Crippen LogP contribution in [-0.2, 0) is 0 Å². The van der Waals surface area contributed by atoms with Crippen molar-refractivity contribution in [3.63, 3.8) is 0 Å². The molecule has 0 saturated carbocycles. The maximum atomic E-state index is 5.87. The molecule has 1 unspecified atom stereocenters. The Bertz CT molecular complexity index is 154. The van der Waals surface area contributed by atoms with Crippen molar-refractivity contribution in [1.29, 1.82) is 0 Å². The first-order chi connectivity index (χ1) is 6.60. The predicted molar refractivity (Wildman–Crippen MR) is 64.4 cm³/mol. The van der Waals surface area contributed by atoms with E-state index in [9.17, 15) is 0 Å². The third kappa shape index (κ3) is 7.10. The Morgan fingerprint density at radius 2 is 2.07 bits per heavy atom. The molecule has 14 heavy (non-hydrogen) atoms. The normalized spacial score (nSPS) is 16.4. The Morgan fingerprint density at radius 1 is 1.43 bits per heavy atom. The van der Waals surface area contributed by atoms with Crippen LogP contribution in [0.2, 0.25) is 0 Å². The minimum absolute atomic E-state index is 0.370. The lowest BCUT2D eigenvalue weighted by molar-refractivity contribution is 0.293. The second kappa shape index (κ2) is 8.01. The lowest BCUT2D eigenvalue weighted by Crippen LogP contribution is -2.30. The summed E-state index contributed by atoms with van der Waals surface area (Å²) in [7, 11) is 2.17. The van der Waals surface area contributed by atoms with Gasteiger partial charge >= 0.3 is 0 Å². The van der Waals surface area contributed by atoms with E-state index < -0.39 is 0 Å². The quantitative estimate of drug-likeness (QED) is 0.636. The van der Waals surface area contributed by atoms with E-state index in [1.165, 1.54) is 0 Å². The standard InChI is InChI=1S/C12H26N2/c1-5-7-11(3)10-14(4)9-8-12(13)6-2/h5,7,11-12H,6,8-10,13H2,1-4H3/b7-5-/t11?,12-/m0/s1. The van der Waals surface area contributed by atoms with Crippen molar-refractivity contribution in [3.05, 3.63) is 12.2 Å². The number of hydrogen-bond donors (Lipinski definition) is 1. The Labute approximate surface area is 89.2 Å². The van der Waals surface area contributed by atoms with Gasteiger partial charge in [0.1, 0.15) is 0 Å². The highest BCUT2D eigenvalue weighted by atomic mass is 15.1. The molecule has 2 nitrogen and oxygen atoms in total. The third-order valence-electron chi connectivity index (χ3n) is 2.53. The molecule has 0 aromatic carbocycles. The lowest BCUT2D eigenvalue weighted by atomic mass is 10.1. The van der Waals surface area contributed by atoms with E-state index in [1.54, 1.807) is 0 Å². The van der Waals surface area contributed by atoms with Gasteiger partial charge in [0.15, 0.2) is 0 Å². The van der Waals surface area contributed by atoms with Gasteiger partial charge in [-0.15, -0.1) is 0 Å². The zero-order chi connectivity index (χ0) is 11.0. The van der Waals surface area contributed by atoms with Crippen molar-refractivity contribution in [2.45, 2.75) is 39.7 Å². The van der Waals surface area contributed by atoms with Crippen LogP contribution in [0.15, 0.2) is 12.2 Å². The van der Waals surface area contributed by atoms with Gasteiger partial charge in [-0.1, -0.05) is 26.0 Å². The van der Waals surface area contributed by atoms with Crippen LogP contribution in [0.5, 0.6) is 0 Å². The summed E-state index contributed by atoms with van der Waals surface area (Å²) in [5.41, 5.74) is 5.87. The lowest BCUT2D eigenvalue weighted by Gasteiger charge is -2.20. The molecule has 84 valence electrons. The van der Waals surface area contributed by atoms with Gasteiger partial charge in [0, 0.05) is 12.6 Å². The summed E-state index contributed by atoms with van der Waals surface area (Å²) in [5.74, 6) is 0.642. The molecule has 2 atom stereocenters. The Morgan fingerprint density at radius 3 is 2.57 bits per heavy atom. The highest BCUT2D eigenvalue weighted by Gasteiger charge is 2.05. The second-order valence-corrected chi connectivity index (χ2v) is 4.22. The van der Waals surface area contributed by atoms with Crippen LogP contribution >= 0.6 is 0 Å². The zero-order valence-electron chi connectivity index (χ0n) is 10.2. The first kappa shape index (κ1) is 13.7. The van der Waals surface area contributed by atoms with Crippen LogP contribution in [0.3, 0.4) is 0 Å². The number of rotatable bonds is 7. The minimum atomic E-state index is 0.370. The topological polar surface area (TPSA) is 29.3 Å². The van der Waals surface area contributed by atoms with Gasteiger partial charge in [-0.3, -0.25) is 0 Å². The van der Waals surface area contributed by atoms with E-state index in [0.717, 1.165) is 25.9 Å². The largest absolute Gasteiger partial charge is 0.328 e. The highest BCUT2D eigenvalue weighted by molar-refractivity contribution is 4.84. The molecule has 0 bridgehead atoms. The molecular weight excluding hydrogens is 172 g/mol. The molecule has 0 radical (unpaired) electrons. The van der Waals surface area contributed by atoms with E-state index in [-0.39, 0.29) is 0 Å². The Balaban J connectivity index is 3.59. The van der Waals surface area contributed by atoms with Crippen LogP contribution in [0.25, 0.3) is 0 Å². The molecule has 0 aliphatic heterocycles. The number of nitrogens with two attached hydrogens (primary N) is 1. The summed E-state index contributed by atoms with van der Waals surface area (Å²) in [4.78, 5) is 2.36. The summed E-state index contributed by atoms with van der Waals surface area (Å²) < 4.78 is 0. The fraction of sp³-hybridized carbons (Fsp3) is 0.833. The summed E-state index contributed by atoms with van der Waals surface area (Å²) >= 11 is 0. The average molecular weight is 198 g/mol. The molecule has 0 amide bonds. The smallest absolute Gasteiger partial charge is 0.00483 e. The molecule has 0 fully saturated rings. The Hall–Kier alpha value is -0.340.